The first kappa shape index (κ1) is 27.8. The first-order valence-electron chi connectivity index (χ1n) is 8.93. The van der Waals surface area contributed by atoms with Crippen molar-refractivity contribution in [3.8, 4) is 0 Å². The SMILES string of the molecule is COC1=CC=CC2N=C(c3cccc(C4=NC5C=CC=C(OC)C5=N4)n3)N=C12.[Cl-].[Cl-].[Cl-].[Fe+3]. The van der Waals surface area contributed by atoms with Crippen molar-refractivity contribution < 1.29 is 63.8 Å². The molecule has 0 spiro atoms. The first-order chi connectivity index (χ1) is 13.8. The van der Waals surface area contributed by atoms with Crippen LogP contribution >= 0.6 is 0 Å². The van der Waals surface area contributed by atoms with Crippen LogP contribution in [-0.4, -0.2) is 54.4 Å². The predicted molar refractivity (Wildman–Crippen MR) is 108 cm³/mol. The second-order valence-electron chi connectivity index (χ2n) is 6.44. The number of hydrogen-bond acceptors (Lipinski definition) is 7. The molecular weight excluding hydrogens is 516 g/mol. The van der Waals surface area contributed by atoms with Crippen molar-refractivity contribution in [1.29, 1.82) is 0 Å². The van der Waals surface area contributed by atoms with Gasteiger partial charge in [-0.15, -0.1) is 0 Å². The first-order valence-corrected chi connectivity index (χ1v) is 8.93. The van der Waals surface area contributed by atoms with Gasteiger partial charge in [0.05, 0.1) is 14.2 Å². The number of methoxy groups -OCH3 is 2. The summed E-state index contributed by atoms with van der Waals surface area (Å²) in [5, 5.41) is 0. The van der Waals surface area contributed by atoms with E-state index >= 15 is 0 Å². The Balaban J connectivity index is 0.00000128. The van der Waals surface area contributed by atoms with Gasteiger partial charge in [-0.1, -0.05) is 30.4 Å². The largest absolute Gasteiger partial charge is 3.00 e. The standard InChI is InChI=1S/C21H17N5O2.3ClH.Fe/c1-27-16-10-4-6-12-18(16)25-20(23-12)14-8-3-9-15(22-14)21-24-13-7-5-11-17(28-2)19(13)26-21;;;;/h3-13H,1-2H3;3*1H;/q;;;;+3/p-3. The van der Waals surface area contributed by atoms with Crippen LogP contribution in [0.1, 0.15) is 11.4 Å². The summed E-state index contributed by atoms with van der Waals surface area (Å²) in [6.07, 6.45) is 11.6. The Morgan fingerprint density at radius 1 is 0.719 bits per heavy atom. The molecule has 1 radical (unpaired) electrons. The summed E-state index contributed by atoms with van der Waals surface area (Å²) >= 11 is 0. The van der Waals surface area contributed by atoms with Gasteiger partial charge in [-0.25, -0.2) is 15.0 Å². The molecule has 1 aromatic heterocycles. The molecule has 0 aromatic carbocycles. The number of allylic oxidation sites excluding steroid dienone is 4. The molecule has 1 aromatic rings. The van der Waals surface area contributed by atoms with E-state index in [1.165, 1.54) is 0 Å². The summed E-state index contributed by atoms with van der Waals surface area (Å²) in [5.74, 6) is 2.61. The minimum Gasteiger partial charge on any atom is -1.00 e. The molecule has 5 rings (SSSR count). The number of fused-ring (bicyclic) bond motifs is 2. The molecular formula is C21H17Cl3FeN5O2. The van der Waals surface area contributed by atoms with Gasteiger partial charge < -0.3 is 46.7 Å². The number of pyridine rings is 1. The van der Waals surface area contributed by atoms with Crippen molar-refractivity contribution in [2.45, 2.75) is 12.1 Å². The van der Waals surface area contributed by atoms with Crippen LogP contribution in [-0.2, 0) is 26.5 Å². The molecule has 11 heteroatoms. The van der Waals surface area contributed by atoms with Gasteiger partial charge in [-0.05, 0) is 24.3 Å². The third-order valence-corrected chi connectivity index (χ3v) is 4.77. The molecule has 0 saturated heterocycles. The van der Waals surface area contributed by atoms with E-state index in [-0.39, 0.29) is 66.4 Å². The zero-order chi connectivity index (χ0) is 19.1. The molecule has 0 amide bonds. The number of nitrogens with zero attached hydrogens (tertiary/aromatic N) is 5. The summed E-state index contributed by atoms with van der Waals surface area (Å²) in [5.41, 5.74) is 2.96. The van der Waals surface area contributed by atoms with Crippen molar-refractivity contribution in [2.75, 3.05) is 14.2 Å². The normalized spacial score (nSPS) is 21.3. The second-order valence-corrected chi connectivity index (χ2v) is 6.44. The van der Waals surface area contributed by atoms with E-state index in [0.717, 1.165) is 22.9 Å². The van der Waals surface area contributed by atoms with E-state index in [9.17, 15) is 0 Å². The smallest absolute Gasteiger partial charge is 1.00 e. The molecule has 167 valence electrons. The number of amidine groups is 2. The van der Waals surface area contributed by atoms with Crippen LogP contribution in [0.15, 0.2) is 86.1 Å². The van der Waals surface area contributed by atoms with Crippen LogP contribution in [0.2, 0.25) is 0 Å². The van der Waals surface area contributed by atoms with Gasteiger partial charge in [0.2, 0.25) is 0 Å². The average Bonchev–Trinajstić information content (AvgIpc) is 3.37. The summed E-state index contributed by atoms with van der Waals surface area (Å²) in [7, 11) is 3.27. The Bertz CT molecular complexity index is 1040. The van der Waals surface area contributed by atoms with Crippen molar-refractivity contribution >= 4 is 23.1 Å². The quantitative estimate of drug-likeness (QED) is 0.361. The van der Waals surface area contributed by atoms with Crippen molar-refractivity contribution in [2.24, 2.45) is 20.0 Å². The minimum atomic E-state index is -0.133. The topological polar surface area (TPSA) is 80.8 Å². The fraction of sp³-hybridized carbons (Fsp3) is 0.190. The Morgan fingerprint density at radius 3 is 1.56 bits per heavy atom. The zero-order valence-electron chi connectivity index (χ0n) is 16.9. The monoisotopic (exact) mass is 532 g/mol. The van der Waals surface area contributed by atoms with Crippen molar-refractivity contribution in [1.82, 2.24) is 4.98 Å². The summed E-state index contributed by atoms with van der Waals surface area (Å²) in [6, 6.07) is 5.43. The molecule has 0 N–H and O–H groups in total. The molecule has 32 heavy (non-hydrogen) atoms. The van der Waals surface area contributed by atoms with E-state index in [4.69, 9.17) is 14.5 Å². The van der Waals surface area contributed by atoms with Crippen LogP contribution in [0.3, 0.4) is 0 Å². The van der Waals surface area contributed by atoms with Gasteiger partial charge in [0.25, 0.3) is 0 Å². The van der Waals surface area contributed by atoms with Crippen molar-refractivity contribution in [3.63, 3.8) is 0 Å². The molecule has 0 saturated carbocycles. The maximum Gasteiger partial charge on any atom is 3.00 e. The third kappa shape index (κ3) is 4.90. The number of hydrogen-bond donors (Lipinski definition) is 0. The summed E-state index contributed by atoms with van der Waals surface area (Å²) in [6.45, 7) is 0. The number of rotatable bonds is 4. The predicted octanol–water partition coefficient (Wildman–Crippen LogP) is -6.57. The molecule has 2 aliphatic heterocycles. The molecule has 7 nitrogen and oxygen atoms in total. The second kappa shape index (κ2) is 11.6. The summed E-state index contributed by atoms with van der Waals surface area (Å²) in [4.78, 5) is 23.3. The Labute approximate surface area is 215 Å². The van der Waals surface area contributed by atoms with Gasteiger partial charge in [0, 0.05) is 0 Å². The van der Waals surface area contributed by atoms with Crippen LogP contribution in [0.4, 0.5) is 0 Å². The van der Waals surface area contributed by atoms with E-state index in [1.54, 1.807) is 14.2 Å². The number of aliphatic imine (C=N–C) groups is 4. The molecule has 4 aliphatic rings. The summed E-state index contributed by atoms with van der Waals surface area (Å²) < 4.78 is 10.8. The van der Waals surface area contributed by atoms with Crippen LogP contribution in [0.5, 0.6) is 0 Å². The number of ether oxygens (including phenoxy) is 2. The van der Waals surface area contributed by atoms with Crippen molar-refractivity contribution in [3.05, 3.63) is 77.6 Å². The van der Waals surface area contributed by atoms with Gasteiger partial charge in [-0.3, -0.25) is 9.98 Å². The Hall–Kier alpha value is -2.22. The van der Waals surface area contributed by atoms with Crippen LogP contribution in [0, 0.1) is 0 Å². The maximum atomic E-state index is 5.39. The molecule has 0 bridgehead atoms. The molecule has 3 heterocycles. The van der Waals surface area contributed by atoms with Gasteiger partial charge in [-0.2, -0.15) is 0 Å². The molecule has 2 aliphatic carbocycles. The van der Waals surface area contributed by atoms with Gasteiger partial charge >= 0.3 is 17.1 Å². The minimum absolute atomic E-state index is 0. The fourth-order valence-electron chi connectivity index (χ4n) is 3.42. The molecule has 2 atom stereocenters. The molecule has 2 unspecified atom stereocenters. The number of aromatic nitrogens is 1. The average molecular weight is 534 g/mol. The van der Waals surface area contributed by atoms with Crippen LogP contribution < -0.4 is 37.2 Å². The van der Waals surface area contributed by atoms with Crippen LogP contribution in [0.25, 0.3) is 0 Å². The third-order valence-electron chi connectivity index (χ3n) is 4.77. The van der Waals surface area contributed by atoms with Gasteiger partial charge in [0.1, 0.15) is 46.4 Å². The maximum absolute atomic E-state index is 5.39. The Morgan fingerprint density at radius 2 is 1.16 bits per heavy atom. The van der Waals surface area contributed by atoms with E-state index < -0.39 is 0 Å². The van der Waals surface area contributed by atoms with E-state index in [2.05, 4.69) is 20.0 Å². The number of halogens is 3. The van der Waals surface area contributed by atoms with E-state index in [1.807, 2.05) is 54.7 Å². The zero-order valence-corrected chi connectivity index (χ0v) is 20.3. The fourth-order valence-corrected chi connectivity index (χ4v) is 3.42. The van der Waals surface area contributed by atoms with E-state index in [0.29, 0.717) is 23.1 Å². The molecule has 0 fully saturated rings. The van der Waals surface area contributed by atoms with Gasteiger partial charge in [0.15, 0.2) is 11.7 Å². The Kier molecular flexibility index (Phi) is 10.1.